The summed E-state index contributed by atoms with van der Waals surface area (Å²) in [5, 5.41) is 3.95. The van der Waals surface area contributed by atoms with Gasteiger partial charge in [0.25, 0.3) is 5.56 Å². The van der Waals surface area contributed by atoms with Crippen LogP contribution in [0.1, 0.15) is 56.3 Å². The van der Waals surface area contributed by atoms with Gasteiger partial charge in [0.05, 0.1) is 12.0 Å². The van der Waals surface area contributed by atoms with Crippen LogP contribution in [0, 0.1) is 5.92 Å². The molecule has 0 N–H and O–H groups in total. The third-order valence-electron chi connectivity index (χ3n) is 3.89. The molecule has 7 heteroatoms. The van der Waals surface area contributed by atoms with Gasteiger partial charge < -0.3 is 9.26 Å². The molecule has 7 nitrogen and oxygen atoms in total. The Morgan fingerprint density at radius 2 is 2.17 bits per heavy atom. The van der Waals surface area contributed by atoms with Crippen molar-refractivity contribution in [2.75, 3.05) is 6.61 Å². The van der Waals surface area contributed by atoms with E-state index in [0.717, 1.165) is 30.5 Å². The van der Waals surface area contributed by atoms with Crippen molar-refractivity contribution < 1.29 is 9.26 Å². The average molecular weight is 318 g/mol. The Hall–Kier alpha value is -2.02. The molecule has 1 aliphatic carbocycles. The molecule has 0 bridgehead atoms. The summed E-state index contributed by atoms with van der Waals surface area (Å²) in [6.45, 7) is 6.94. The summed E-state index contributed by atoms with van der Waals surface area (Å²) in [5.74, 6) is 1.34. The molecule has 0 radical (unpaired) electrons. The van der Waals surface area contributed by atoms with E-state index in [2.05, 4.69) is 29.0 Å². The lowest BCUT2D eigenvalue weighted by atomic mass is 10.2. The molecule has 1 aliphatic rings. The second kappa shape index (κ2) is 6.62. The summed E-state index contributed by atoms with van der Waals surface area (Å²) >= 11 is 0. The van der Waals surface area contributed by atoms with Crippen LogP contribution in [-0.4, -0.2) is 26.3 Å². The Labute approximate surface area is 134 Å². The first-order valence-corrected chi connectivity index (χ1v) is 8.06. The number of nitrogens with zero attached hydrogens (tertiary/aromatic N) is 4. The molecule has 1 unspecified atom stereocenters. The number of hydrogen-bond acceptors (Lipinski definition) is 6. The molecule has 2 heterocycles. The van der Waals surface area contributed by atoms with E-state index in [-0.39, 0.29) is 18.2 Å². The number of hydrogen-bond donors (Lipinski definition) is 0. The second-order valence-corrected chi connectivity index (χ2v) is 6.37. The van der Waals surface area contributed by atoms with Crippen LogP contribution in [0.2, 0.25) is 0 Å². The topological polar surface area (TPSA) is 83.0 Å². The highest BCUT2D eigenvalue weighted by molar-refractivity contribution is 5.21. The van der Waals surface area contributed by atoms with Crippen molar-refractivity contribution in [1.29, 1.82) is 0 Å². The van der Waals surface area contributed by atoms with Gasteiger partial charge in [0.15, 0.2) is 5.82 Å². The van der Waals surface area contributed by atoms with Gasteiger partial charge in [0, 0.05) is 12.2 Å². The maximum Gasteiger partial charge on any atom is 0.257 e. The molecule has 0 aliphatic heterocycles. The molecule has 0 aromatic carbocycles. The minimum Gasteiger partial charge on any atom is -0.370 e. The third-order valence-corrected chi connectivity index (χ3v) is 3.89. The number of aromatic nitrogens is 4. The number of fused-ring (bicyclic) bond motifs is 1. The van der Waals surface area contributed by atoms with E-state index in [1.165, 1.54) is 4.57 Å². The average Bonchev–Trinajstić information content (AvgIpc) is 3.17. The lowest BCUT2D eigenvalue weighted by Crippen LogP contribution is -2.25. The maximum absolute atomic E-state index is 12.4. The smallest absolute Gasteiger partial charge is 0.257 e. The van der Waals surface area contributed by atoms with E-state index in [4.69, 9.17) is 9.26 Å². The molecule has 0 spiro atoms. The van der Waals surface area contributed by atoms with Gasteiger partial charge in [-0.1, -0.05) is 19.0 Å². The summed E-state index contributed by atoms with van der Waals surface area (Å²) in [5.41, 5.74) is 1.74. The van der Waals surface area contributed by atoms with E-state index in [1.54, 1.807) is 6.33 Å². The number of rotatable bonds is 6. The molecule has 23 heavy (non-hydrogen) atoms. The van der Waals surface area contributed by atoms with E-state index in [1.807, 2.05) is 6.92 Å². The number of aryl methyl sites for hydroxylation is 1. The van der Waals surface area contributed by atoms with E-state index in [9.17, 15) is 4.79 Å². The minimum absolute atomic E-state index is 0.00337. The fourth-order valence-corrected chi connectivity index (χ4v) is 2.63. The first-order valence-electron chi connectivity index (χ1n) is 8.06. The second-order valence-electron chi connectivity index (χ2n) is 6.37. The molecule has 2 aromatic heterocycles. The predicted molar refractivity (Wildman–Crippen MR) is 83.1 cm³/mol. The van der Waals surface area contributed by atoms with Crippen LogP contribution >= 0.6 is 0 Å². The Morgan fingerprint density at radius 3 is 2.96 bits per heavy atom. The van der Waals surface area contributed by atoms with Gasteiger partial charge >= 0.3 is 0 Å². The van der Waals surface area contributed by atoms with Gasteiger partial charge in [0.1, 0.15) is 12.6 Å². The largest absolute Gasteiger partial charge is 0.370 e. The Balaban J connectivity index is 1.71. The summed E-state index contributed by atoms with van der Waals surface area (Å²) in [7, 11) is 0. The Morgan fingerprint density at radius 1 is 1.35 bits per heavy atom. The fraction of sp³-hybridized carbons (Fsp3) is 0.625. The van der Waals surface area contributed by atoms with Gasteiger partial charge in [-0.3, -0.25) is 9.36 Å². The summed E-state index contributed by atoms with van der Waals surface area (Å²) in [6, 6.07) is 0. The van der Waals surface area contributed by atoms with Crippen LogP contribution < -0.4 is 5.56 Å². The standard InChI is InChI=1S/C16H22N4O3/c1-10(2)8-22-11(3)15-18-14(23-19-15)7-20-9-17-13-6-4-5-12(13)16(20)21/h9-11H,4-8H2,1-3H3. The summed E-state index contributed by atoms with van der Waals surface area (Å²) in [4.78, 5) is 21.1. The zero-order chi connectivity index (χ0) is 16.4. The minimum atomic E-state index is -0.232. The molecule has 3 rings (SSSR count). The van der Waals surface area contributed by atoms with Gasteiger partial charge in [-0.25, -0.2) is 4.98 Å². The molecular formula is C16H22N4O3. The van der Waals surface area contributed by atoms with Gasteiger partial charge in [-0.2, -0.15) is 4.98 Å². The van der Waals surface area contributed by atoms with Crippen LogP contribution in [0.15, 0.2) is 15.6 Å². The zero-order valence-corrected chi connectivity index (χ0v) is 13.8. The van der Waals surface area contributed by atoms with Crippen molar-refractivity contribution in [3.63, 3.8) is 0 Å². The highest BCUT2D eigenvalue weighted by atomic mass is 16.5. The molecule has 0 amide bonds. The highest BCUT2D eigenvalue weighted by Crippen LogP contribution is 2.16. The molecule has 0 saturated carbocycles. The van der Waals surface area contributed by atoms with Crippen LogP contribution in [0.3, 0.4) is 0 Å². The lowest BCUT2D eigenvalue weighted by Gasteiger charge is -2.10. The molecule has 2 aromatic rings. The van der Waals surface area contributed by atoms with E-state index in [0.29, 0.717) is 24.2 Å². The maximum atomic E-state index is 12.4. The van der Waals surface area contributed by atoms with Crippen LogP contribution in [0.25, 0.3) is 0 Å². The SMILES string of the molecule is CC(C)COC(C)c1noc(Cn2cnc3c(c2=O)CCC3)n1. The summed E-state index contributed by atoms with van der Waals surface area (Å²) < 4.78 is 12.4. The highest BCUT2D eigenvalue weighted by Gasteiger charge is 2.19. The molecule has 1 atom stereocenters. The van der Waals surface area contributed by atoms with Crippen molar-refractivity contribution in [3.8, 4) is 0 Å². The third kappa shape index (κ3) is 3.50. The fourth-order valence-electron chi connectivity index (χ4n) is 2.63. The predicted octanol–water partition coefficient (Wildman–Crippen LogP) is 1.90. The number of ether oxygens (including phenoxy) is 1. The Bertz CT molecular complexity index is 735. The van der Waals surface area contributed by atoms with Crippen molar-refractivity contribution in [3.05, 3.63) is 39.7 Å². The van der Waals surface area contributed by atoms with Crippen molar-refractivity contribution >= 4 is 0 Å². The normalized spacial score (nSPS) is 15.1. The first-order chi connectivity index (χ1) is 11.0. The van der Waals surface area contributed by atoms with Crippen LogP contribution in [0.4, 0.5) is 0 Å². The molecular weight excluding hydrogens is 296 g/mol. The summed E-state index contributed by atoms with van der Waals surface area (Å²) in [6.07, 6.45) is 4.02. The molecule has 0 fully saturated rings. The molecule has 0 saturated heterocycles. The quantitative estimate of drug-likeness (QED) is 0.809. The van der Waals surface area contributed by atoms with Crippen LogP contribution in [-0.2, 0) is 24.1 Å². The van der Waals surface area contributed by atoms with Crippen molar-refractivity contribution in [2.24, 2.45) is 5.92 Å². The molecule has 124 valence electrons. The monoisotopic (exact) mass is 318 g/mol. The zero-order valence-electron chi connectivity index (χ0n) is 13.8. The Kier molecular flexibility index (Phi) is 4.56. The van der Waals surface area contributed by atoms with Crippen molar-refractivity contribution in [1.82, 2.24) is 19.7 Å². The van der Waals surface area contributed by atoms with E-state index >= 15 is 0 Å². The lowest BCUT2D eigenvalue weighted by molar-refractivity contribution is 0.0402. The van der Waals surface area contributed by atoms with Gasteiger partial charge in [-0.05, 0) is 32.1 Å². The van der Waals surface area contributed by atoms with Crippen molar-refractivity contribution in [2.45, 2.75) is 52.7 Å². The van der Waals surface area contributed by atoms with Gasteiger partial charge in [-0.15, -0.1) is 0 Å². The van der Waals surface area contributed by atoms with Gasteiger partial charge in [0.2, 0.25) is 5.89 Å². The first kappa shape index (κ1) is 15.9. The van der Waals surface area contributed by atoms with E-state index < -0.39 is 0 Å². The van der Waals surface area contributed by atoms with Crippen LogP contribution in [0.5, 0.6) is 0 Å².